The SMILES string of the molecule is CCC(C)OO[Si](=O)OOC(C)CC. The maximum Gasteiger partial charge on any atom is 0.834 e. The first kappa shape index (κ1) is 13.5. The van der Waals surface area contributed by atoms with Gasteiger partial charge in [-0.3, -0.25) is 4.46 Å². The van der Waals surface area contributed by atoms with Crippen LogP contribution in [-0.2, 0) is 23.4 Å². The van der Waals surface area contributed by atoms with Crippen LogP contribution in [0.5, 0.6) is 0 Å². The first-order valence-corrected chi connectivity index (χ1v) is 6.03. The molecule has 0 radical (unpaired) electrons. The van der Waals surface area contributed by atoms with Crippen molar-refractivity contribution in [3.05, 3.63) is 0 Å². The molecule has 0 fully saturated rings. The van der Waals surface area contributed by atoms with Crippen LogP contribution in [0, 0.1) is 0 Å². The second-order valence-corrected chi connectivity index (χ2v) is 3.88. The van der Waals surface area contributed by atoms with E-state index in [4.69, 9.17) is 9.78 Å². The highest BCUT2D eigenvalue weighted by Gasteiger charge is 2.17. The van der Waals surface area contributed by atoms with Crippen LogP contribution in [0.25, 0.3) is 0 Å². The zero-order valence-corrected chi connectivity index (χ0v) is 10.1. The van der Waals surface area contributed by atoms with Gasteiger partial charge in [0, 0.05) is 0 Å². The van der Waals surface area contributed by atoms with Crippen molar-refractivity contribution in [2.75, 3.05) is 0 Å². The number of hydrogen-bond donors (Lipinski definition) is 0. The van der Waals surface area contributed by atoms with E-state index in [9.17, 15) is 4.46 Å². The van der Waals surface area contributed by atoms with E-state index in [1.807, 2.05) is 27.7 Å². The lowest BCUT2D eigenvalue weighted by atomic mass is 10.3. The summed E-state index contributed by atoms with van der Waals surface area (Å²) in [5.41, 5.74) is 0. The molecular formula is C8H18O5Si. The van der Waals surface area contributed by atoms with Gasteiger partial charge in [-0.25, -0.2) is 0 Å². The predicted octanol–water partition coefficient (Wildman–Crippen LogP) is 1.90. The predicted molar refractivity (Wildman–Crippen MR) is 50.3 cm³/mol. The van der Waals surface area contributed by atoms with Crippen LogP contribution < -0.4 is 0 Å². The van der Waals surface area contributed by atoms with E-state index in [1.165, 1.54) is 0 Å². The standard InChI is InChI=1S/C8H18O5Si/c1-5-7(3)10-12-14(9)13-11-8(4)6-2/h7-8H,5-6H2,1-4H3. The van der Waals surface area contributed by atoms with Gasteiger partial charge >= 0.3 is 9.17 Å². The topological polar surface area (TPSA) is 54.0 Å². The Bertz CT molecular complexity index is 148. The highest BCUT2D eigenvalue weighted by Crippen LogP contribution is 1.99. The highest BCUT2D eigenvalue weighted by molar-refractivity contribution is 6.25. The van der Waals surface area contributed by atoms with Crippen LogP contribution >= 0.6 is 0 Å². The Hall–Kier alpha value is -0.463. The van der Waals surface area contributed by atoms with Gasteiger partial charge in [-0.05, 0) is 26.7 Å². The van der Waals surface area contributed by atoms with E-state index in [0.29, 0.717) is 0 Å². The molecule has 0 aliphatic heterocycles. The Morgan fingerprint density at radius 3 is 1.64 bits per heavy atom. The summed E-state index contributed by atoms with van der Waals surface area (Å²) in [4.78, 5) is 9.49. The molecule has 14 heavy (non-hydrogen) atoms. The van der Waals surface area contributed by atoms with Crippen LogP contribution in [0.15, 0.2) is 0 Å². The minimum atomic E-state index is -2.69. The van der Waals surface area contributed by atoms with Crippen molar-refractivity contribution in [2.24, 2.45) is 0 Å². The van der Waals surface area contributed by atoms with Crippen molar-refractivity contribution in [3.63, 3.8) is 0 Å². The van der Waals surface area contributed by atoms with E-state index >= 15 is 0 Å². The molecule has 0 heterocycles. The van der Waals surface area contributed by atoms with Crippen molar-refractivity contribution in [1.82, 2.24) is 0 Å². The van der Waals surface area contributed by atoms with Crippen LogP contribution in [0.4, 0.5) is 0 Å². The van der Waals surface area contributed by atoms with Gasteiger partial charge in [0.25, 0.3) is 0 Å². The van der Waals surface area contributed by atoms with Crippen molar-refractivity contribution in [2.45, 2.75) is 52.7 Å². The number of hydrogen-bond acceptors (Lipinski definition) is 5. The van der Waals surface area contributed by atoms with E-state index in [2.05, 4.69) is 9.15 Å². The molecule has 0 saturated carbocycles. The lowest BCUT2D eigenvalue weighted by Gasteiger charge is -2.10. The van der Waals surface area contributed by atoms with Crippen LogP contribution in [-0.4, -0.2) is 21.4 Å². The molecule has 0 saturated heterocycles. The molecule has 0 amide bonds. The van der Waals surface area contributed by atoms with Crippen molar-refractivity contribution in [3.8, 4) is 0 Å². The van der Waals surface area contributed by atoms with Crippen molar-refractivity contribution < 1.29 is 23.4 Å². The smallest absolute Gasteiger partial charge is 0.327 e. The zero-order chi connectivity index (χ0) is 11.0. The van der Waals surface area contributed by atoms with E-state index < -0.39 is 9.17 Å². The van der Waals surface area contributed by atoms with Gasteiger partial charge < -0.3 is 9.15 Å². The molecule has 0 bridgehead atoms. The van der Waals surface area contributed by atoms with Gasteiger partial charge in [0.2, 0.25) is 0 Å². The third kappa shape index (κ3) is 6.99. The zero-order valence-electron chi connectivity index (χ0n) is 9.11. The fraction of sp³-hybridized carbons (Fsp3) is 1.00. The molecule has 2 unspecified atom stereocenters. The Balaban J connectivity index is 3.46. The first-order valence-electron chi connectivity index (χ1n) is 4.80. The van der Waals surface area contributed by atoms with E-state index in [1.54, 1.807) is 0 Å². The lowest BCUT2D eigenvalue weighted by molar-refractivity contribution is -0.314. The molecule has 6 heteroatoms. The average Bonchev–Trinajstić information content (AvgIpc) is 2.22. The van der Waals surface area contributed by atoms with Gasteiger partial charge in [-0.15, -0.1) is 0 Å². The van der Waals surface area contributed by atoms with E-state index in [-0.39, 0.29) is 12.2 Å². The molecule has 0 aliphatic carbocycles. The first-order chi connectivity index (χ1) is 6.60. The molecule has 0 aromatic heterocycles. The minimum Gasteiger partial charge on any atom is -0.327 e. The molecule has 84 valence electrons. The quantitative estimate of drug-likeness (QED) is 0.356. The molecule has 5 nitrogen and oxygen atoms in total. The molecular weight excluding hydrogens is 204 g/mol. The molecule has 0 N–H and O–H groups in total. The van der Waals surface area contributed by atoms with Gasteiger partial charge in [-0.2, -0.15) is 9.78 Å². The fourth-order valence-electron chi connectivity index (χ4n) is 0.393. The van der Waals surface area contributed by atoms with Crippen LogP contribution in [0.2, 0.25) is 0 Å². The third-order valence-electron chi connectivity index (χ3n) is 1.71. The summed E-state index contributed by atoms with van der Waals surface area (Å²) in [5, 5.41) is 0. The second-order valence-electron chi connectivity index (χ2n) is 3.05. The van der Waals surface area contributed by atoms with Crippen molar-refractivity contribution >= 4 is 9.17 Å². The number of rotatable bonds is 8. The average molecular weight is 222 g/mol. The normalized spacial score (nSPS) is 14.6. The summed E-state index contributed by atoms with van der Waals surface area (Å²) < 4.78 is 20.0. The maximum absolute atomic E-state index is 11.0. The molecule has 0 spiro atoms. The summed E-state index contributed by atoms with van der Waals surface area (Å²) in [6.45, 7) is 7.48. The Morgan fingerprint density at radius 1 is 1.00 bits per heavy atom. The molecule has 0 aromatic carbocycles. The van der Waals surface area contributed by atoms with E-state index in [0.717, 1.165) is 12.8 Å². The fourth-order valence-corrected chi connectivity index (χ4v) is 0.906. The summed E-state index contributed by atoms with van der Waals surface area (Å²) in [6, 6.07) is 0. The van der Waals surface area contributed by atoms with Gasteiger partial charge in [0.1, 0.15) is 12.2 Å². The van der Waals surface area contributed by atoms with Crippen LogP contribution in [0.3, 0.4) is 0 Å². The summed E-state index contributed by atoms with van der Waals surface area (Å²) in [6.07, 6.45) is 1.36. The Morgan fingerprint density at radius 2 is 1.36 bits per heavy atom. The van der Waals surface area contributed by atoms with Gasteiger partial charge in [-0.1, -0.05) is 13.8 Å². The molecule has 0 rings (SSSR count). The lowest BCUT2D eigenvalue weighted by Crippen LogP contribution is -2.19. The Labute approximate surface area is 86.1 Å². The summed E-state index contributed by atoms with van der Waals surface area (Å²) in [5.74, 6) is 0. The molecule has 0 aliphatic rings. The summed E-state index contributed by atoms with van der Waals surface area (Å²) in [7, 11) is -2.69. The monoisotopic (exact) mass is 222 g/mol. The Kier molecular flexibility index (Phi) is 7.64. The highest BCUT2D eigenvalue weighted by atomic mass is 28.3. The maximum atomic E-state index is 11.0. The van der Waals surface area contributed by atoms with Crippen LogP contribution in [0.1, 0.15) is 40.5 Å². The summed E-state index contributed by atoms with van der Waals surface area (Å²) >= 11 is 0. The largest absolute Gasteiger partial charge is 0.834 e. The van der Waals surface area contributed by atoms with Gasteiger partial charge in [0.05, 0.1) is 0 Å². The molecule has 2 atom stereocenters. The van der Waals surface area contributed by atoms with Gasteiger partial charge in [0.15, 0.2) is 0 Å². The second kappa shape index (κ2) is 7.90. The third-order valence-corrected chi connectivity index (χ3v) is 2.18. The minimum absolute atomic E-state index is 0.101. The van der Waals surface area contributed by atoms with Crippen molar-refractivity contribution in [1.29, 1.82) is 0 Å². The molecule has 0 aromatic rings.